The SMILES string of the molecule is Cc1ccc2c(C(=O)N3CC4(CCOCC4)C3)csc2c1. The molecule has 2 fully saturated rings. The lowest BCUT2D eigenvalue weighted by Gasteiger charge is -2.52. The van der Waals surface area contributed by atoms with Gasteiger partial charge in [0, 0.05) is 47.2 Å². The topological polar surface area (TPSA) is 29.5 Å². The first kappa shape index (κ1) is 13.3. The van der Waals surface area contributed by atoms with Gasteiger partial charge in [-0.2, -0.15) is 0 Å². The van der Waals surface area contributed by atoms with Crippen LogP contribution in [0.25, 0.3) is 10.1 Å². The van der Waals surface area contributed by atoms with Gasteiger partial charge in [-0.1, -0.05) is 12.1 Å². The Kier molecular flexibility index (Phi) is 3.05. The number of carbonyl (C=O) groups is 1. The first-order valence-electron chi connectivity index (χ1n) is 7.52. The minimum Gasteiger partial charge on any atom is -0.381 e. The Morgan fingerprint density at radius 3 is 2.81 bits per heavy atom. The molecular weight excluding hydrogens is 282 g/mol. The van der Waals surface area contributed by atoms with Crippen LogP contribution in [-0.4, -0.2) is 37.1 Å². The van der Waals surface area contributed by atoms with E-state index in [1.54, 1.807) is 11.3 Å². The fourth-order valence-electron chi connectivity index (χ4n) is 3.50. The number of thiophene rings is 1. The van der Waals surface area contributed by atoms with Crippen molar-refractivity contribution in [3.63, 3.8) is 0 Å². The average Bonchev–Trinajstić information content (AvgIpc) is 2.87. The van der Waals surface area contributed by atoms with Gasteiger partial charge in [-0.15, -0.1) is 11.3 Å². The Bertz CT molecular complexity index is 692. The van der Waals surface area contributed by atoms with E-state index in [9.17, 15) is 4.79 Å². The summed E-state index contributed by atoms with van der Waals surface area (Å²) in [6.07, 6.45) is 2.20. The van der Waals surface area contributed by atoms with Crippen LogP contribution < -0.4 is 0 Å². The monoisotopic (exact) mass is 301 g/mol. The molecule has 0 N–H and O–H groups in total. The van der Waals surface area contributed by atoms with Gasteiger partial charge in [0.2, 0.25) is 0 Å². The summed E-state index contributed by atoms with van der Waals surface area (Å²) in [6, 6.07) is 6.33. The van der Waals surface area contributed by atoms with Gasteiger partial charge >= 0.3 is 0 Å². The van der Waals surface area contributed by atoms with E-state index in [2.05, 4.69) is 25.1 Å². The third-order valence-electron chi connectivity index (χ3n) is 4.85. The van der Waals surface area contributed by atoms with E-state index < -0.39 is 0 Å². The zero-order chi connectivity index (χ0) is 14.4. The van der Waals surface area contributed by atoms with Gasteiger partial charge in [0.05, 0.1) is 5.56 Å². The van der Waals surface area contributed by atoms with Gasteiger partial charge in [-0.25, -0.2) is 0 Å². The minimum atomic E-state index is 0.196. The van der Waals surface area contributed by atoms with Crippen molar-refractivity contribution in [3.05, 3.63) is 34.7 Å². The van der Waals surface area contributed by atoms with Gasteiger partial charge in [0.1, 0.15) is 0 Å². The molecule has 0 unspecified atom stereocenters. The highest BCUT2D eigenvalue weighted by Crippen LogP contribution is 2.41. The summed E-state index contributed by atoms with van der Waals surface area (Å²) in [5.74, 6) is 0.196. The van der Waals surface area contributed by atoms with Crippen LogP contribution in [0.3, 0.4) is 0 Å². The Hall–Kier alpha value is -1.39. The highest BCUT2D eigenvalue weighted by atomic mass is 32.1. The molecule has 0 aliphatic carbocycles. The highest BCUT2D eigenvalue weighted by molar-refractivity contribution is 7.17. The van der Waals surface area contributed by atoms with E-state index in [0.29, 0.717) is 5.41 Å². The molecule has 4 heteroatoms. The number of benzene rings is 1. The number of aryl methyl sites for hydroxylation is 1. The van der Waals surface area contributed by atoms with E-state index >= 15 is 0 Å². The van der Waals surface area contributed by atoms with Crippen LogP contribution in [0.1, 0.15) is 28.8 Å². The quantitative estimate of drug-likeness (QED) is 0.807. The van der Waals surface area contributed by atoms with Gasteiger partial charge in [-0.3, -0.25) is 4.79 Å². The van der Waals surface area contributed by atoms with Crippen molar-refractivity contribution in [1.29, 1.82) is 0 Å². The molecule has 4 rings (SSSR count). The van der Waals surface area contributed by atoms with Crippen LogP contribution in [0.4, 0.5) is 0 Å². The number of rotatable bonds is 1. The predicted octanol–water partition coefficient (Wildman–Crippen LogP) is 3.46. The maximum atomic E-state index is 12.7. The molecule has 0 radical (unpaired) electrons. The second kappa shape index (κ2) is 4.82. The molecule has 0 saturated carbocycles. The highest BCUT2D eigenvalue weighted by Gasteiger charge is 2.46. The molecule has 110 valence electrons. The normalized spacial score (nSPS) is 20.7. The first-order chi connectivity index (χ1) is 10.2. The summed E-state index contributed by atoms with van der Waals surface area (Å²) >= 11 is 1.67. The van der Waals surface area contributed by atoms with E-state index in [-0.39, 0.29) is 5.91 Å². The molecule has 1 aromatic heterocycles. The molecule has 2 aliphatic rings. The second-order valence-corrected chi connectivity index (χ2v) is 7.33. The Balaban J connectivity index is 1.55. The maximum Gasteiger partial charge on any atom is 0.255 e. The molecule has 0 atom stereocenters. The number of hydrogen-bond donors (Lipinski definition) is 0. The van der Waals surface area contributed by atoms with Crippen molar-refractivity contribution in [2.75, 3.05) is 26.3 Å². The summed E-state index contributed by atoms with van der Waals surface area (Å²) in [6.45, 7) is 5.59. The molecule has 3 heterocycles. The van der Waals surface area contributed by atoms with Crippen molar-refractivity contribution in [2.45, 2.75) is 19.8 Å². The Morgan fingerprint density at radius 1 is 1.29 bits per heavy atom. The van der Waals surface area contributed by atoms with E-state index in [0.717, 1.165) is 50.1 Å². The molecule has 21 heavy (non-hydrogen) atoms. The lowest BCUT2D eigenvalue weighted by Crippen LogP contribution is -2.60. The zero-order valence-corrected chi connectivity index (χ0v) is 13.0. The van der Waals surface area contributed by atoms with Crippen molar-refractivity contribution < 1.29 is 9.53 Å². The number of hydrogen-bond acceptors (Lipinski definition) is 3. The molecule has 1 aromatic carbocycles. The predicted molar refractivity (Wildman–Crippen MR) is 85.0 cm³/mol. The van der Waals surface area contributed by atoms with E-state index in [1.807, 2.05) is 10.3 Å². The van der Waals surface area contributed by atoms with Crippen molar-refractivity contribution in [1.82, 2.24) is 4.90 Å². The fourth-order valence-corrected chi connectivity index (χ4v) is 4.53. The smallest absolute Gasteiger partial charge is 0.255 e. The summed E-state index contributed by atoms with van der Waals surface area (Å²) < 4.78 is 6.64. The number of carbonyl (C=O) groups excluding carboxylic acids is 1. The molecule has 1 amide bonds. The Morgan fingerprint density at radius 2 is 2.05 bits per heavy atom. The minimum absolute atomic E-state index is 0.196. The van der Waals surface area contributed by atoms with Crippen molar-refractivity contribution in [2.24, 2.45) is 5.41 Å². The summed E-state index contributed by atoms with van der Waals surface area (Å²) in [5.41, 5.74) is 2.46. The molecule has 0 bridgehead atoms. The zero-order valence-electron chi connectivity index (χ0n) is 12.2. The maximum absolute atomic E-state index is 12.7. The van der Waals surface area contributed by atoms with Crippen molar-refractivity contribution >= 4 is 27.3 Å². The average molecular weight is 301 g/mol. The number of likely N-dealkylation sites (tertiary alicyclic amines) is 1. The molecule has 2 saturated heterocycles. The van der Waals surface area contributed by atoms with Crippen LogP contribution >= 0.6 is 11.3 Å². The number of amides is 1. The van der Waals surface area contributed by atoms with Gasteiger partial charge in [0.15, 0.2) is 0 Å². The third-order valence-corrected chi connectivity index (χ3v) is 5.80. The number of fused-ring (bicyclic) bond motifs is 1. The third kappa shape index (κ3) is 2.17. The lowest BCUT2D eigenvalue weighted by molar-refractivity contribution is -0.0665. The summed E-state index contributed by atoms with van der Waals surface area (Å²) in [4.78, 5) is 14.7. The van der Waals surface area contributed by atoms with Gasteiger partial charge in [0.25, 0.3) is 5.91 Å². The van der Waals surface area contributed by atoms with E-state index in [4.69, 9.17) is 4.74 Å². The fraction of sp³-hybridized carbons (Fsp3) is 0.471. The number of nitrogens with zero attached hydrogens (tertiary/aromatic N) is 1. The second-order valence-electron chi connectivity index (χ2n) is 6.42. The molecule has 2 aliphatic heterocycles. The summed E-state index contributed by atoms with van der Waals surface area (Å²) in [7, 11) is 0. The molecule has 3 nitrogen and oxygen atoms in total. The largest absolute Gasteiger partial charge is 0.381 e. The van der Waals surface area contributed by atoms with Gasteiger partial charge < -0.3 is 9.64 Å². The molecular formula is C17H19NO2S. The van der Waals surface area contributed by atoms with Crippen LogP contribution in [0.2, 0.25) is 0 Å². The van der Waals surface area contributed by atoms with E-state index in [1.165, 1.54) is 10.3 Å². The standard InChI is InChI=1S/C17H19NO2S/c1-12-2-3-13-14(9-21-15(13)8-12)16(19)18-10-17(11-18)4-6-20-7-5-17/h2-3,8-9H,4-7,10-11H2,1H3. The van der Waals surface area contributed by atoms with Crippen LogP contribution in [0, 0.1) is 12.3 Å². The van der Waals surface area contributed by atoms with Crippen LogP contribution in [-0.2, 0) is 4.74 Å². The first-order valence-corrected chi connectivity index (χ1v) is 8.40. The Labute approximate surface area is 128 Å². The van der Waals surface area contributed by atoms with Gasteiger partial charge in [-0.05, 0) is 31.4 Å². The summed E-state index contributed by atoms with van der Waals surface area (Å²) in [5, 5.41) is 3.12. The number of ether oxygens (including phenoxy) is 1. The molecule has 1 spiro atoms. The lowest BCUT2D eigenvalue weighted by atomic mass is 9.73. The van der Waals surface area contributed by atoms with Crippen molar-refractivity contribution in [3.8, 4) is 0 Å². The van der Waals surface area contributed by atoms with Crippen LogP contribution in [0.5, 0.6) is 0 Å². The van der Waals surface area contributed by atoms with Crippen LogP contribution in [0.15, 0.2) is 23.6 Å². The molecule has 2 aromatic rings.